The van der Waals surface area contributed by atoms with Gasteiger partial charge in [0.25, 0.3) is 15.9 Å². The molecule has 3 rings (SSSR count). The van der Waals surface area contributed by atoms with Gasteiger partial charge in [0.1, 0.15) is 12.4 Å². The first-order chi connectivity index (χ1) is 14.8. The summed E-state index contributed by atoms with van der Waals surface area (Å²) in [5, 5.41) is 3.91. The second-order valence-corrected chi connectivity index (χ2v) is 8.87. The first-order valence-electron chi connectivity index (χ1n) is 9.49. The summed E-state index contributed by atoms with van der Waals surface area (Å²) in [4.78, 5) is 12.4. The molecule has 0 saturated carbocycles. The fraction of sp³-hybridized carbons (Fsp3) is 0.130. The van der Waals surface area contributed by atoms with Crippen LogP contribution in [0.3, 0.4) is 0 Å². The number of hydrazone groups is 1. The maximum Gasteiger partial charge on any atom is 0.264 e. The van der Waals surface area contributed by atoms with Gasteiger partial charge in [-0.2, -0.15) is 5.10 Å². The summed E-state index contributed by atoms with van der Waals surface area (Å²) in [6.07, 6.45) is 1.48. The van der Waals surface area contributed by atoms with Gasteiger partial charge in [0.05, 0.1) is 16.8 Å². The molecule has 0 heterocycles. The molecule has 0 aliphatic carbocycles. The van der Waals surface area contributed by atoms with Crippen LogP contribution in [0.4, 0.5) is 10.1 Å². The Kier molecular flexibility index (Phi) is 6.81. The minimum absolute atomic E-state index is 0.120. The first kappa shape index (κ1) is 22.2. The largest absolute Gasteiger partial charge is 0.271 e. The summed E-state index contributed by atoms with van der Waals surface area (Å²) in [6, 6.07) is 18.7. The molecule has 0 aliphatic heterocycles. The summed E-state index contributed by atoms with van der Waals surface area (Å²) >= 11 is 0. The van der Waals surface area contributed by atoms with Crippen LogP contribution in [0.25, 0.3) is 0 Å². The van der Waals surface area contributed by atoms with Crippen molar-refractivity contribution in [2.45, 2.75) is 18.7 Å². The normalized spacial score (nSPS) is 11.5. The van der Waals surface area contributed by atoms with E-state index in [1.165, 1.54) is 18.3 Å². The van der Waals surface area contributed by atoms with Gasteiger partial charge in [-0.3, -0.25) is 9.10 Å². The van der Waals surface area contributed by atoms with E-state index < -0.39 is 28.3 Å². The SMILES string of the molecule is Cc1ccc(N(CC(=O)N/N=C\c2cccc(C)c2)S(=O)(=O)c2ccc(F)cc2)cc1. The molecule has 0 bridgehead atoms. The van der Waals surface area contributed by atoms with Crippen LogP contribution >= 0.6 is 0 Å². The molecule has 0 atom stereocenters. The van der Waals surface area contributed by atoms with Crippen molar-refractivity contribution in [3.63, 3.8) is 0 Å². The van der Waals surface area contributed by atoms with E-state index in [0.717, 1.165) is 33.1 Å². The Balaban J connectivity index is 1.83. The molecule has 1 N–H and O–H groups in total. The van der Waals surface area contributed by atoms with E-state index in [2.05, 4.69) is 10.5 Å². The quantitative estimate of drug-likeness (QED) is 0.449. The lowest BCUT2D eigenvalue weighted by molar-refractivity contribution is -0.119. The second kappa shape index (κ2) is 9.53. The number of nitrogens with one attached hydrogen (secondary N) is 1. The third-order valence-corrected chi connectivity index (χ3v) is 6.24. The smallest absolute Gasteiger partial charge is 0.264 e. The number of rotatable bonds is 7. The van der Waals surface area contributed by atoms with Crippen LogP contribution in [0.5, 0.6) is 0 Å². The summed E-state index contributed by atoms with van der Waals surface area (Å²) in [6.45, 7) is 3.32. The molecule has 3 aromatic rings. The second-order valence-electron chi connectivity index (χ2n) is 7.01. The lowest BCUT2D eigenvalue weighted by atomic mass is 10.2. The summed E-state index contributed by atoms with van der Waals surface area (Å²) in [5.74, 6) is -1.17. The standard InChI is InChI=1S/C23H22FN3O3S/c1-17-6-10-21(11-7-17)27(31(29,30)22-12-8-20(24)9-13-22)16-23(28)26-25-15-19-5-3-4-18(2)14-19/h3-15H,16H2,1-2H3,(H,26,28)/b25-15-. The molecule has 3 aromatic carbocycles. The van der Waals surface area contributed by atoms with Crippen LogP contribution in [0.2, 0.25) is 0 Å². The molecule has 31 heavy (non-hydrogen) atoms. The Hall–Kier alpha value is -3.52. The van der Waals surface area contributed by atoms with E-state index in [0.29, 0.717) is 5.69 Å². The molecule has 0 saturated heterocycles. The van der Waals surface area contributed by atoms with Crippen molar-refractivity contribution in [3.05, 3.63) is 95.3 Å². The number of halogens is 1. The molecular formula is C23H22FN3O3S. The highest BCUT2D eigenvalue weighted by Crippen LogP contribution is 2.24. The predicted molar refractivity (Wildman–Crippen MR) is 119 cm³/mol. The van der Waals surface area contributed by atoms with Crippen molar-refractivity contribution >= 4 is 27.8 Å². The zero-order valence-electron chi connectivity index (χ0n) is 17.1. The third-order valence-electron chi connectivity index (χ3n) is 4.46. The monoisotopic (exact) mass is 439 g/mol. The van der Waals surface area contributed by atoms with Crippen molar-refractivity contribution in [1.82, 2.24) is 5.43 Å². The van der Waals surface area contributed by atoms with Crippen LogP contribution in [0.15, 0.2) is 82.8 Å². The van der Waals surface area contributed by atoms with Crippen LogP contribution in [-0.4, -0.2) is 27.1 Å². The summed E-state index contributed by atoms with van der Waals surface area (Å²) < 4.78 is 40.6. The first-order valence-corrected chi connectivity index (χ1v) is 10.9. The number of carbonyl (C=O) groups excluding carboxylic acids is 1. The Bertz CT molecular complexity index is 1190. The Morgan fingerprint density at radius 1 is 1.00 bits per heavy atom. The van der Waals surface area contributed by atoms with Gasteiger partial charge in [0.15, 0.2) is 0 Å². The average molecular weight is 440 g/mol. The number of amides is 1. The van der Waals surface area contributed by atoms with Gasteiger partial charge in [-0.05, 0) is 55.8 Å². The Morgan fingerprint density at radius 3 is 2.32 bits per heavy atom. The molecule has 0 unspecified atom stereocenters. The van der Waals surface area contributed by atoms with Gasteiger partial charge in [0, 0.05) is 0 Å². The number of benzene rings is 3. The van der Waals surface area contributed by atoms with Gasteiger partial charge in [0.2, 0.25) is 0 Å². The maximum absolute atomic E-state index is 13.3. The third kappa shape index (κ3) is 5.76. The van der Waals surface area contributed by atoms with Gasteiger partial charge in [-0.25, -0.2) is 18.2 Å². The van der Waals surface area contributed by atoms with Gasteiger partial charge in [-0.1, -0.05) is 47.5 Å². The molecule has 1 amide bonds. The summed E-state index contributed by atoms with van der Waals surface area (Å²) in [7, 11) is -4.11. The number of carbonyl (C=O) groups is 1. The molecule has 8 heteroatoms. The lowest BCUT2D eigenvalue weighted by Gasteiger charge is -2.23. The van der Waals surface area contributed by atoms with Crippen LogP contribution in [-0.2, 0) is 14.8 Å². The molecule has 0 aliphatic rings. The van der Waals surface area contributed by atoms with E-state index >= 15 is 0 Å². The van der Waals surface area contributed by atoms with Crippen molar-refractivity contribution in [2.75, 3.05) is 10.8 Å². The summed E-state index contributed by atoms with van der Waals surface area (Å²) in [5.41, 5.74) is 5.46. The molecule has 0 radical (unpaired) electrons. The number of nitrogens with zero attached hydrogens (tertiary/aromatic N) is 2. The maximum atomic E-state index is 13.3. The number of sulfonamides is 1. The van der Waals surface area contributed by atoms with E-state index in [-0.39, 0.29) is 4.90 Å². The van der Waals surface area contributed by atoms with E-state index in [1.807, 2.05) is 38.1 Å². The molecule has 0 fully saturated rings. The molecule has 0 aromatic heterocycles. The lowest BCUT2D eigenvalue weighted by Crippen LogP contribution is -2.39. The van der Waals surface area contributed by atoms with Gasteiger partial charge >= 0.3 is 0 Å². The van der Waals surface area contributed by atoms with Crippen molar-refractivity contribution in [1.29, 1.82) is 0 Å². The van der Waals surface area contributed by atoms with E-state index in [4.69, 9.17) is 0 Å². The van der Waals surface area contributed by atoms with Gasteiger partial charge in [-0.15, -0.1) is 0 Å². The highest BCUT2D eigenvalue weighted by Gasteiger charge is 2.27. The van der Waals surface area contributed by atoms with E-state index in [1.54, 1.807) is 24.3 Å². The van der Waals surface area contributed by atoms with E-state index in [9.17, 15) is 17.6 Å². The van der Waals surface area contributed by atoms with Crippen LogP contribution < -0.4 is 9.73 Å². The van der Waals surface area contributed by atoms with Crippen molar-refractivity contribution < 1.29 is 17.6 Å². The van der Waals surface area contributed by atoms with Crippen molar-refractivity contribution in [2.24, 2.45) is 5.10 Å². The number of aryl methyl sites for hydroxylation is 2. The minimum atomic E-state index is -4.11. The highest BCUT2D eigenvalue weighted by molar-refractivity contribution is 7.92. The van der Waals surface area contributed by atoms with Crippen LogP contribution in [0, 0.1) is 19.7 Å². The van der Waals surface area contributed by atoms with Gasteiger partial charge < -0.3 is 0 Å². The topological polar surface area (TPSA) is 78.8 Å². The zero-order chi connectivity index (χ0) is 22.4. The molecular weight excluding hydrogens is 417 g/mol. The zero-order valence-corrected chi connectivity index (χ0v) is 17.9. The number of hydrogen-bond donors (Lipinski definition) is 1. The Morgan fingerprint density at radius 2 is 1.68 bits per heavy atom. The highest BCUT2D eigenvalue weighted by atomic mass is 32.2. The minimum Gasteiger partial charge on any atom is -0.271 e. The van der Waals surface area contributed by atoms with Crippen molar-refractivity contribution in [3.8, 4) is 0 Å². The number of hydrogen-bond acceptors (Lipinski definition) is 4. The fourth-order valence-corrected chi connectivity index (χ4v) is 4.28. The molecule has 160 valence electrons. The molecule has 0 spiro atoms. The number of anilines is 1. The Labute approximate surface area is 181 Å². The molecule has 6 nitrogen and oxygen atoms in total. The average Bonchev–Trinajstić information content (AvgIpc) is 2.73. The predicted octanol–water partition coefficient (Wildman–Crippen LogP) is 3.79. The fourth-order valence-electron chi connectivity index (χ4n) is 2.85. The van der Waals surface area contributed by atoms with Crippen LogP contribution in [0.1, 0.15) is 16.7 Å².